The number of fused-ring (bicyclic) bond motifs is 1. The quantitative estimate of drug-likeness (QED) is 0.390. The fraction of sp³-hybridized carbons (Fsp3) is 0.111. The third-order valence-corrected chi connectivity index (χ3v) is 5.55. The van der Waals surface area contributed by atoms with E-state index < -0.39 is 10.0 Å². The van der Waals surface area contributed by atoms with Gasteiger partial charge in [0.05, 0.1) is 23.7 Å². The number of anilines is 5. The first-order valence-corrected chi connectivity index (χ1v) is 10.8. The molecule has 0 unspecified atom stereocenters. The van der Waals surface area contributed by atoms with Gasteiger partial charge in [-0.2, -0.15) is 15.3 Å². The van der Waals surface area contributed by atoms with Crippen molar-refractivity contribution in [2.75, 3.05) is 28.2 Å². The molecule has 3 N–H and O–H groups in total. The summed E-state index contributed by atoms with van der Waals surface area (Å²) >= 11 is 0. The van der Waals surface area contributed by atoms with E-state index in [1.165, 1.54) is 19.4 Å². The van der Waals surface area contributed by atoms with E-state index in [1.807, 2.05) is 0 Å². The molecule has 0 aliphatic carbocycles. The lowest BCUT2D eigenvalue weighted by molar-refractivity contribution is 0.600. The molecule has 0 saturated carbocycles. The Hall–Kier alpha value is -4.13. The molecular weight excluding hydrogens is 420 g/mol. The number of rotatable bonds is 7. The summed E-state index contributed by atoms with van der Waals surface area (Å²) in [5, 5.41) is 16.2. The maximum Gasteiger partial charge on any atom is 0.232 e. The molecule has 0 fully saturated rings. The minimum absolute atomic E-state index is 0.264. The number of hydrogen-bond acceptors (Lipinski definition) is 10. The summed E-state index contributed by atoms with van der Waals surface area (Å²) in [6.45, 7) is 3.79. The van der Waals surface area contributed by atoms with E-state index in [4.69, 9.17) is 0 Å². The Morgan fingerprint density at radius 3 is 2.65 bits per heavy atom. The minimum Gasteiger partial charge on any atom is -0.338 e. The highest BCUT2D eigenvalue weighted by Crippen LogP contribution is 2.35. The first-order valence-electron chi connectivity index (χ1n) is 8.93. The van der Waals surface area contributed by atoms with Gasteiger partial charge in [-0.15, -0.1) is 5.10 Å². The summed E-state index contributed by atoms with van der Waals surface area (Å²) in [5.74, 6) is 1.11. The summed E-state index contributed by atoms with van der Waals surface area (Å²) in [7, 11) is -2.12. The fourth-order valence-electron chi connectivity index (χ4n) is 2.81. The smallest absolute Gasteiger partial charge is 0.232 e. The van der Waals surface area contributed by atoms with E-state index in [1.54, 1.807) is 30.6 Å². The monoisotopic (exact) mass is 438 g/mol. The van der Waals surface area contributed by atoms with Gasteiger partial charge in [0, 0.05) is 31.2 Å². The zero-order valence-corrected chi connectivity index (χ0v) is 17.4. The van der Waals surface area contributed by atoms with Crippen LogP contribution in [0.5, 0.6) is 0 Å². The molecule has 0 spiro atoms. The van der Waals surface area contributed by atoms with Crippen LogP contribution in [0, 0.1) is 0 Å². The van der Waals surface area contributed by atoms with E-state index in [0.717, 1.165) is 10.6 Å². The molecule has 31 heavy (non-hydrogen) atoms. The van der Waals surface area contributed by atoms with Crippen molar-refractivity contribution in [3.05, 3.63) is 49.1 Å². The highest BCUT2D eigenvalue weighted by molar-refractivity contribution is 7.92. The SMILES string of the molecule is C=Cc1cnc(Nc2cn[nH]n2)nc1Nc1ccc2nccnc2c1N(C)S(C)(=O)=O. The van der Waals surface area contributed by atoms with Crippen LogP contribution in [-0.4, -0.2) is 57.1 Å². The van der Waals surface area contributed by atoms with Crippen LogP contribution < -0.4 is 14.9 Å². The standard InChI is InChI=1S/C18H18N10O2S/c1-4-11-9-21-18(24-14-10-22-27-26-14)25-17(11)23-13-6-5-12-15(20-8-7-19-12)16(13)28(2)31(3,29)30/h4-10H,1H2,2-3H3,(H3,21,22,23,24,25,26,27). The number of aromatic amines is 1. The van der Waals surface area contributed by atoms with E-state index in [2.05, 4.69) is 52.6 Å². The molecule has 12 nitrogen and oxygen atoms in total. The summed E-state index contributed by atoms with van der Waals surface area (Å²) < 4.78 is 25.8. The number of nitrogens with one attached hydrogen (secondary N) is 3. The van der Waals surface area contributed by atoms with Gasteiger partial charge < -0.3 is 10.6 Å². The van der Waals surface area contributed by atoms with Gasteiger partial charge >= 0.3 is 0 Å². The van der Waals surface area contributed by atoms with Crippen LogP contribution in [0.15, 0.2) is 43.5 Å². The minimum atomic E-state index is -3.58. The van der Waals surface area contributed by atoms with Gasteiger partial charge in [-0.25, -0.2) is 13.4 Å². The van der Waals surface area contributed by atoms with Crippen molar-refractivity contribution in [2.45, 2.75) is 0 Å². The molecule has 0 saturated heterocycles. The Kier molecular flexibility index (Phi) is 5.17. The molecular formula is C18H18N10O2S. The zero-order valence-electron chi connectivity index (χ0n) is 16.6. The normalized spacial score (nSPS) is 11.3. The Bertz CT molecular complexity index is 1360. The lowest BCUT2D eigenvalue weighted by Crippen LogP contribution is -2.26. The lowest BCUT2D eigenvalue weighted by Gasteiger charge is -2.22. The summed E-state index contributed by atoms with van der Waals surface area (Å²) in [4.78, 5) is 17.3. The molecule has 0 bridgehead atoms. The molecule has 158 valence electrons. The Labute approximate surface area is 177 Å². The number of hydrogen-bond donors (Lipinski definition) is 3. The van der Waals surface area contributed by atoms with Crippen molar-refractivity contribution in [3.8, 4) is 0 Å². The molecule has 0 amide bonds. The van der Waals surface area contributed by atoms with E-state index in [-0.39, 0.29) is 5.95 Å². The van der Waals surface area contributed by atoms with Gasteiger partial charge in [0.1, 0.15) is 17.0 Å². The first kappa shape index (κ1) is 20.2. The fourth-order valence-corrected chi connectivity index (χ4v) is 3.33. The number of aromatic nitrogens is 7. The average Bonchev–Trinajstić information content (AvgIpc) is 3.26. The van der Waals surface area contributed by atoms with Gasteiger partial charge in [0.15, 0.2) is 5.82 Å². The third kappa shape index (κ3) is 4.11. The Morgan fingerprint density at radius 2 is 1.94 bits per heavy atom. The molecule has 4 aromatic rings. The predicted molar refractivity (Wildman–Crippen MR) is 118 cm³/mol. The van der Waals surface area contributed by atoms with E-state index in [9.17, 15) is 8.42 Å². The van der Waals surface area contributed by atoms with Crippen molar-refractivity contribution in [3.63, 3.8) is 0 Å². The Morgan fingerprint density at radius 1 is 1.13 bits per heavy atom. The van der Waals surface area contributed by atoms with Crippen LogP contribution in [0.3, 0.4) is 0 Å². The first-order chi connectivity index (χ1) is 14.9. The highest BCUT2D eigenvalue weighted by Gasteiger charge is 2.21. The maximum atomic E-state index is 12.3. The molecule has 3 heterocycles. The van der Waals surface area contributed by atoms with Gasteiger partial charge in [0.25, 0.3) is 0 Å². The molecule has 13 heteroatoms. The van der Waals surface area contributed by atoms with Crippen LogP contribution in [0.1, 0.15) is 5.56 Å². The van der Waals surface area contributed by atoms with Crippen molar-refractivity contribution < 1.29 is 8.42 Å². The van der Waals surface area contributed by atoms with Gasteiger partial charge in [-0.1, -0.05) is 12.7 Å². The second-order valence-corrected chi connectivity index (χ2v) is 8.44. The average molecular weight is 438 g/mol. The second kappa shape index (κ2) is 7.95. The second-order valence-electron chi connectivity index (χ2n) is 6.42. The molecule has 0 aliphatic rings. The van der Waals surface area contributed by atoms with Crippen LogP contribution >= 0.6 is 0 Å². The largest absolute Gasteiger partial charge is 0.338 e. The number of nitrogens with zero attached hydrogens (tertiary/aromatic N) is 7. The molecule has 1 aromatic carbocycles. The molecule has 0 atom stereocenters. The van der Waals surface area contributed by atoms with Crippen LogP contribution in [0.2, 0.25) is 0 Å². The predicted octanol–water partition coefficient (Wildman–Crippen LogP) is 2.06. The van der Waals surface area contributed by atoms with Crippen LogP contribution in [0.25, 0.3) is 17.1 Å². The van der Waals surface area contributed by atoms with Crippen LogP contribution in [0.4, 0.5) is 29.0 Å². The molecule has 3 aromatic heterocycles. The van der Waals surface area contributed by atoms with Gasteiger partial charge in [-0.05, 0) is 12.1 Å². The topological polar surface area (TPSA) is 155 Å². The third-order valence-electron chi connectivity index (χ3n) is 4.37. The zero-order chi connectivity index (χ0) is 22.0. The van der Waals surface area contributed by atoms with Crippen molar-refractivity contribution in [1.82, 2.24) is 35.3 Å². The highest BCUT2D eigenvalue weighted by atomic mass is 32.2. The van der Waals surface area contributed by atoms with E-state index >= 15 is 0 Å². The molecule has 4 rings (SSSR count). The van der Waals surface area contributed by atoms with Crippen molar-refractivity contribution in [1.29, 1.82) is 0 Å². The van der Waals surface area contributed by atoms with Crippen LogP contribution in [-0.2, 0) is 10.0 Å². The van der Waals surface area contributed by atoms with Crippen molar-refractivity contribution in [2.24, 2.45) is 0 Å². The van der Waals surface area contributed by atoms with Crippen molar-refractivity contribution >= 4 is 56.1 Å². The molecule has 0 aliphatic heterocycles. The maximum absolute atomic E-state index is 12.3. The van der Waals surface area contributed by atoms with E-state index in [0.29, 0.717) is 39.6 Å². The molecule has 0 radical (unpaired) electrons. The number of H-pyrrole nitrogens is 1. The van der Waals surface area contributed by atoms with Gasteiger partial charge in [-0.3, -0.25) is 14.3 Å². The lowest BCUT2D eigenvalue weighted by atomic mass is 10.2. The van der Waals surface area contributed by atoms with Gasteiger partial charge in [0.2, 0.25) is 16.0 Å². The Balaban J connectivity index is 1.82. The summed E-state index contributed by atoms with van der Waals surface area (Å²) in [6.07, 6.45) is 8.81. The number of benzene rings is 1. The summed E-state index contributed by atoms with van der Waals surface area (Å²) in [5.41, 5.74) is 2.40. The number of sulfonamides is 1. The summed E-state index contributed by atoms with van der Waals surface area (Å²) in [6, 6.07) is 3.46.